The van der Waals surface area contributed by atoms with Gasteiger partial charge in [-0.2, -0.15) is 0 Å². The van der Waals surface area contributed by atoms with Crippen LogP contribution >= 0.6 is 0 Å². The smallest absolute Gasteiger partial charge is 0.162 e. The number of likely N-dealkylation sites (tertiary alicyclic amines) is 1. The Labute approximate surface area is 114 Å². The Bertz CT molecular complexity index is 421. The molecule has 3 unspecified atom stereocenters. The molecule has 0 amide bonds. The van der Waals surface area contributed by atoms with Gasteiger partial charge in [-0.25, -0.2) is 0 Å². The number of fused-ring (bicyclic) bond motifs is 1. The highest BCUT2D eigenvalue weighted by molar-refractivity contribution is 5.05. The fourth-order valence-corrected chi connectivity index (χ4v) is 3.61. The molecule has 0 aromatic carbocycles. The second kappa shape index (κ2) is 5.61. The summed E-state index contributed by atoms with van der Waals surface area (Å²) < 4.78 is 10.3. The van der Waals surface area contributed by atoms with Gasteiger partial charge in [-0.15, -0.1) is 0 Å². The first kappa shape index (κ1) is 13.1. The first-order chi connectivity index (χ1) is 9.26. The van der Waals surface area contributed by atoms with Gasteiger partial charge in [0, 0.05) is 38.9 Å². The topological polar surface area (TPSA) is 64.5 Å². The van der Waals surface area contributed by atoms with Crippen LogP contribution in [0.2, 0.25) is 0 Å². The van der Waals surface area contributed by atoms with E-state index in [1.54, 1.807) is 7.11 Å². The van der Waals surface area contributed by atoms with Crippen LogP contribution in [0.4, 0.5) is 0 Å². The van der Waals surface area contributed by atoms with Crippen molar-refractivity contribution < 1.29 is 9.26 Å². The van der Waals surface area contributed by atoms with Crippen molar-refractivity contribution in [1.29, 1.82) is 0 Å². The van der Waals surface area contributed by atoms with Crippen molar-refractivity contribution in [3.05, 3.63) is 17.5 Å². The number of ether oxygens (including phenoxy) is 1. The fourth-order valence-electron chi connectivity index (χ4n) is 3.61. The molecular weight excluding hydrogens is 242 g/mol. The molecule has 5 heteroatoms. The van der Waals surface area contributed by atoms with Gasteiger partial charge in [0.1, 0.15) is 6.61 Å². The van der Waals surface area contributed by atoms with Crippen LogP contribution in [0, 0.1) is 11.8 Å². The van der Waals surface area contributed by atoms with Gasteiger partial charge in [0.2, 0.25) is 0 Å². The Kier molecular flexibility index (Phi) is 3.86. The van der Waals surface area contributed by atoms with E-state index < -0.39 is 0 Å². The number of nitrogens with two attached hydrogens (primary N) is 1. The van der Waals surface area contributed by atoms with Crippen LogP contribution in [0.1, 0.15) is 30.7 Å². The third-order valence-corrected chi connectivity index (χ3v) is 4.51. The monoisotopic (exact) mass is 265 g/mol. The highest BCUT2D eigenvalue weighted by atomic mass is 16.5. The van der Waals surface area contributed by atoms with Crippen molar-refractivity contribution in [2.45, 2.75) is 38.5 Å². The van der Waals surface area contributed by atoms with Gasteiger partial charge in [-0.3, -0.25) is 4.90 Å². The largest absolute Gasteiger partial charge is 0.377 e. The van der Waals surface area contributed by atoms with E-state index in [0.717, 1.165) is 37.0 Å². The molecule has 1 saturated carbocycles. The number of aromatic nitrogens is 1. The maximum absolute atomic E-state index is 6.24. The zero-order chi connectivity index (χ0) is 13.2. The lowest BCUT2D eigenvalue weighted by Crippen LogP contribution is -2.38. The summed E-state index contributed by atoms with van der Waals surface area (Å²) in [6.07, 6.45) is 3.82. The summed E-state index contributed by atoms with van der Waals surface area (Å²) in [5.74, 6) is 2.26. The number of hydrogen-bond acceptors (Lipinski definition) is 5. The molecule has 0 spiro atoms. The first-order valence-corrected chi connectivity index (χ1v) is 7.17. The normalized spacial score (nSPS) is 31.6. The maximum atomic E-state index is 6.24. The lowest BCUT2D eigenvalue weighted by molar-refractivity contribution is 0.155. The van der Waals surface area contributed by atoms with E-state index in [4.69, 9.17) is 15.0 Å². The molecule has 5 nitrogen and oxygen atoms in total. The van der Waals surface area contributed by atoms with Gasteiger partial charge in [0.15, 0.2) is 5.76 Å². The van der Waals surface area contributed by atoms with Gasteiger partial charge in [0.25, 0.3) is 0 Å². The standard InChI is InChI=1S/C14H23N3O2/c1-18-9-12-5-11(16-19-12)7-17-6-10-3-2-4-14(15)13(10)8-17/h5,10,13-14H,2-4,6-9,15H2,1H3. The van der Waals surface area contributed by atoms with Crippen LogP contribution < -0.4 is 5.73 Å². The van der Waals surface area contributed by atoms with E-state index in [9.17, 15) is 0 Å². The molecule has 3 atom stereocenters. The summed E-state index contributed by atoms with van der Waals surface area (Å²) in [5, 5.41) is 4.11. The van der Waals surface area contributed by atoms with Crippen LogP contribution in [0.3, 0.4) is 0 Å². The molecule has 1 aliphatic carbocycles. The van der Waals surface area contributed by atoms with E-state index in [-0.39, 0.29) is 0 Å². The molecule has 2 N–H and O–H groups in total. The average molecular weight is 265 g/mol. The van der Waals surface area contributed by atoms with Gasteiger partial charge in [0.05, 0.1) is 5.69 Å². The predicted molar refractivity (Wildman–Crippen MR) is 71.3 cm³/mol. The second-order valence-corrected chi connectivity index (χ2v) is 5.93. The van der Waals surface area contributed by atoms with Crippen molar-refractivity contribution in [3.63, 3.8) is 0 Å². The quantitative estimate of drug-likeness (QED) is 0.891. The van der Waals surface area contributed by atoms with E-state index >= 15 is 0 Å². The highest BCUT2D eigenvalue weighted by Gasteiger charge is 2.38. The van der Waals surface area contributed by atoms with Gasteiger partial charge in [-0.05, 0) is 24.7 Å². The Morgan fingerprint density at radius 1 is 1.47 bits per heavy atom. The molecule has 1 aromatic rings. The molecular formula is C14H23N3O2. The molecule has 3 rings (SSSR count). The van der Waals surface area contributed by atoms with Crippen LogP contribution in [0.5, 0.6) is 0 Å². The Morgan fingerprint density at radius 3 is 3.16 bits per heavy atom. The summed E-state index contributed by atoms with van der Waals surface area (Å²) in [7, 11) is 1.66. The fraction of sp³-hybridized carbons (Fsp3) is 0.786. The van der Waals surface area contributed by atoms with E-state index in [2.05, 4.69) is 10.1 Å². The molecule has 1 aromatic heterocycles. The zero-order valence-electron chi connectivity index (χ0n) is 11.5. The minimum Gasteiger partial charge on any atom is -0.377 e. The van der Waals surface area contributed by atoms with Crippen LogP contribution in [-0.2, 0) is 17.9 Å². The molecule has 0 radical (unpaired) electrons. The van der Waals surface area contributed by atoms with Crippen LogP contribution in [0.25, 0.3) is 0 Å². The molecule has 2 aliphatic rings. The maximum Gasteiger partial charge on any atom is 0.162 e. The van der Waals surface area contributed by atoms with E-state index in [0.29, 0.717) is 18.6 Å². The lowest BCUT2D eigenvalue weighted by Gasteiger charge is -2.29. The summed E-state index contributed by atoms with van der Waals surface area (Å²) in [5.41, 5.74) is 7.24. The molecule has 106 valence electrons. The number of rotatable bonds is 4. The van der Waals surface area contributed by atoms with E-state index in [1.165, 1.54) is 19.3 Å². The first-order valence-electron chi connectivity index (χ1n) is 7.17. The molecule has 1 saturated heterocycles. The van der Waals surface area contributed by atoms with Crippen molar-refractivity contribution in [2.75, 3.05) is 20.2 Å². The third kappa shape index (κ3) is 2.83. The summed E-state index contributed by atoms with van der Waals surface area (Å²) >= 11 is 0. The highest BCUT2D eigenvalue weighted by Crippen LogP contribution is 2.35. The Hall–Kier alpha value is -0.910. The van der Waals surface area contributed by atoms with Gasteiger partial charge in [-0.1, -0.05) is 11.6 Å². The Balaban J connectivity index is 1.58. The minimum absolute atomic E-state index is 0.394. The summed E-state index contributed by atoms with van der Waals surface area (Å²) in [6, 6.07) is 2.39. The van der Waals surface area contributed by atoms with Crippen molar-refractivity contribution in [2.24, 2.45) is 17.6 Å². The minimum atomic E-state index is 0.394. The predicted octanol–water partition coefficient (Wildman–Crippen LogP) is 1.38. The van der Waals surface area contributed by atoms with Gasteiger partial charge < -0.3 is 15.0 Å². The summed E-state index contributed by atoms with van der Waals surface area (Å²) in [4.78, 5) is 2.47. The molecule has 1 aliphatic heterocycles. The lowest BCUT2D eigenvalue weighted by atomic mass is 9.78. The van der Waals surface area contributed by atoms with Crippen LogP contribution in [-0.4, -0.2) is 36.3 Å². The molecule has 0 bridgehead atoms. The van der Waals surface area contributed by atoms with Crippen LogP contribution in [0.15, 0.2) is 10.6 Å². The zero-order valence-corrected chi connectivity index (χ0v) is 11.5. The van der Waals surface area contributed by atoms with Crippen molar-refractivity contribution in [1.82, 2.24) is 10.1 Å². The van der Waals surface area contributed by atoms with Crippen molar-refractivity contribution in [3.8, 4) is 0 Å². The molecule has 2 heterocycles. The van der Waals surface area contributed by atoms with Gasteiger partial charge >= 0.3 is 0 Å². The second-order valence-electron chi connectivity index (χ2n) is 5.93. The van der Waals surface area contributed by atoms with Crippen molar-refractivity contribution >= 4 is 0 Å². The average Bonchev–Trinajstić information content (AvgIpc) is 2.98. The third-order valence-electron chi connectivity index (χ3n) is 4.51. The molecule has 19 heavy (non-hydrogen) atoms. The number of hydrogen-bond donors (Lipinski definition) is 1. The number of methoxy groups -OCH3 is 1. The SMILES string of the molecule is COCc1cc(CN2CC3CCCC(N)C3C2)no1. The number of nitrogens with zero attached hydrogens (tertiary/aromatic N) is 2. The summed E-state index contributed by atoms with van der Waals surface area (Å²) in [6.45, 7) is 3.62. The van der Waals surface area contributed by atoms with E-state index in [1.807, 2.05) is 6.07 Å². The Morgan fingerprint density at radius 2 is 2.37 bits per heavy atom. The molecule has 2 fully saturated rings.